The Morgan fingerprint density at radius 1 is 1.41 bits per heavy atom. The van der Waals surface area contributed by atoms with Crippen LogP contribution in [0.25, 0.3) is 5.00 Å². The zero-order valence-electron chi connectivity index (χ0n) is 10.7. The van der Waals surface area contributed by atoms with Crippen LogP contribution in [0.5, 0.6) is 0 Å². The van der Waals surface area contributed by atoms with E-state index in [1.165, 1.54) is 11.3 Å². The third-order valence-electron chi connectivity index (χ3n) is 2.40. The van der Waals surface area contributed by atoms with Crippen molar-refractivity contribution in [1.82, 2.24) is 19.8 Å². The number of thiophene rings is 1. The van der Waals surface area contributed by atoms with E-state index in [1.807, 2.05) is 0 Å². The van der Waals surface area contributed by atoms with Gasteiger partial charge in [-0.25, -0.2) is 9.59 Å². The van der Waals surface area contributed by atoms with E-state index in [0.717, 1.165) is 13.2 Å². The van der Waals surface area contributed by atoms with Crippen molar-refractivity contribution in [2.24, 2.45) is 5.73 Å². The van der Waals surface area contributed by atoms with Crippen molar-refractivity contribution in [3.63, 3.8) is 0 Å². The van der Waals surface area contributed by atoms with Crippen molar-refractivity contribution in [2.45, 2.75) is 6.54 Å². The largest absolute Gasteiger partial charge is 0.445 e. The third kappa shape index (κ3) is 3.76. The molecule has 12 heteroatoms. The number of ether oxygens (including phenoxy) is 1. The molecule has 0 aromatic carbocycles. The molecule has 2 N–H and O–H groups in total. The number of nitrogens with zero attached hydrogens (tertiary/aromatic N) is 4. The molecule has 0 aliphatic carbocycles. The van der Waals surface area contributed by atoms with E-state index in [4.69, 9.17) is 5.73 Å². The van der Waals surface area contributed by atoms with Crippen molar-refractivity contribution in [2.75, 3.05) is 6.61 Å². The first-order chi connectivity index (χ1) is 10.4. The van der Waals surface area contributed by atoms with Crippen molar-refractivity contribution in [3.8, 4) is 5.00 Å². The number of tetrazole rings is 1. The molecule has 0 bridgehead atoms. The number of rotatable bonds is 5. The van der Waals surface area contributed by atoms with Crippen LogP contribution in [0.3, 0.4) is 0 Å². The number of primary amides is 1. The lowest BCUT2D eigenvalue weighted by molar-refractivity contribution is 0.163. The molecule has 2 aromatic heterocycles. The van der Waals surface area contributed by atoms with Crippen LogP contribution in [0.4, 0.5) is 13.6 Å². The van der Waals surface area contributed by atoms with Crippen LogP contribution in [0.1, 0.15) is 0 Å². The second-order valence-corrected chi connectivity index (χ2v) is 6.32. The maximum Gasteiger partial charge on any atom is 0.404 e. The monoisotopic (exact) mass is 395 g/mol. The SMILES string of the molecule is NC(=O)OCC(Cn1nnn(-c2ccc(Br)s2)c1=O)=C(F)F. The molecule has 1 amide bonds. The van der Waals surface area contributed by atoms with Crippen molar-refractivity contribution < 1.29 is 18.3 Å². The number of carbonyl (C=O) groups excluding carboxylic acids is 1. The van der Waals surface area contributed by atoms with E-state index in [0.29, 0.717) is 5.00 Å². The van der Waals surface area contributed by atoms with Crippen LogP contribution < -0.4 is 11.4 Å². The Balaban J connectivity index is 2.23. The number of aromatic nitrogens is 4. The highest BCUT2D eigenvalue weighted by atomic mass is 79.9. The number of amides is 1. The Labute approximate surface area is 133 Å². The normalized spacial score (nSPS) is 10.5. The van der Waals surface area contributed by atoms with Gasteiger partial charge in [-0.15, -0.1) is 11.3 Å². The first-order valence-electron chi connectivity index (χ1n) is 5.62. The Hall–Kier alpha value is -2.08. The molecule has 0 unspecified atom stereocenters. The van der Waals surface area contributed by atoms with Crippen LogP contribution in [0.15, 0.2) is 32.4 Å². The lowest BCUT2D eigenvalue weighted by Crippen LogP contribution is -2.26. The van der Waals surface area contributed by atoms with Gasteiger partial charge in [-0.1, -0.05) is 0 Å². The summed E-state index contributed by atoms with van der Waals surface area (Å²) >= 11 is 4.46. The summed E-state index contributed by atoms with van der Waals surface area (Å²) in [5, 5.41) is 7.61. The summed E-state index contributed by atoms with van der Waals surface area (Å²) < 4.78 is 32.3. The predicted octanol–water partition coefficient (Wildman–Crippen LogP) is 1.50. The van der Waals surface area contributed by atoms with Crippen molar-refractivity contribution >= 4 is 33.4 Å². The average molecular weight is 396 g/mol. The molecule has 0 fully saturated rings. The molecule has 0 aliphatic heterocycles. The zero-order chi connectivity index (χ0) is 16.3. The van der Waals surface area contributed by atoms with Gasteiger partial charge in [-0.05, 0) is 38.5 Å². The lowest BCUT2D eigenvalue weighted by Gasteiger charge is -2.04. The summed E-state index contributed by atoms with van der Waals surface area (Å²) in [5.41, 5.74) is 3.42. The van der Waals surface area contributed by atoms with Gasteiger partial charge in [0.2, 0.25) is 0 Å². The molecular formula is C10H8BrF2N5O3S. The molecular weight excluding hydrogens is 388 g/mol. The first kappa shape index (κ1) is 16.3. The maximum atomic E-state index is 12.8. The smallest absolute Gasteiger partial charge is 0.404 e. The van der Waals surface area contributed by atoms with Crippen LogP contribution in [-0.4, -0.2) is 32.5 Å². The number of hydrogen-bond donors (Lipinski definition) is 1. The van der Waals surface area contributed by atoms with E-state index >= 15 is 0 Å². The number of carbonyl (C=O) groups is 1. The molecule has 22 heavy (non-hydrogen) atoms. The van der Waals surface area contributed by atoms with Gasteiger partial charge >= 0.3 is 11.8 Å². The molecule has 0 saturated heterocycles. The minimum atomic E-state index is -2.08. The highest BCUT2D eigenvalue weighted by molar-refractivity contribution is 9.11. The Morgan fingerprint density at radius 3 is 2.68 bits per heavy atom. The quantitative estimate of drug-likeness (QED) is 0.825. The molecule has 0 saturated carbocycles. The van der Waals surface area contributed by atoms with Crippen LogP contribution in [0, 0.1) is 0 Å². The Kier molecular flexibility index (Phi) is 5.03. The van der Waals surface area contributed by atoms with Crippen molar-refractivity contribution in [1.29, 1.82) is 0 Å². The summed E-state index contributed by atoms with van der Waals surface area (Å²) in [4.78, 5) is 22.5. The molecule has 0 atom stereocenters. The fraction of sp³-hybridized carbons (Fsp3) is 0.200. The minimum Gasteiger partial charge on any atom is -0.445 e. The zero-order valence-corrected chi connectivity index (χ0v) is 13.1. The standard InChI is InChI=1S/C10H8BrF2N5O3S/c11-6-1-2-7(22-6)18-10(20)17(15-16-18)3-5(8(12)13)4-21-9(14)19/h1-2H,3-4H2,(H2,14,19). The summed E-state index contributed by atoms with van der Waals surface area (Å²) in [6.07, 6.45) is -3.28. The van der Waals surface area contributed by atoms with E-state index < -0.39 is 36.6 Å². The van der Waals surface area contributed by atoms with E-state index in [2.05, 4.69) is 31.1 Å². The number of nitrogens with two attached hydrogens (primary N) is 1. The topological polar surface area (TPSA) is 105 Å². The molecule has 0 aliphatic rings. The third-order valence-corrected chi connectivity index (χ3v) is 4.00. The second kappa shape index (κ2) is 6.79. The fourth-order valence-electron chi connectivity index (χ4n) is 1.43. The van der Waals surface area contributed by atoms with Gasteiger partial charge in [0.05, 0.1) is 15.9 Å². The molecule has 0 spiro atoms. The van der Waals surface area contributed by atoms with Gasteiger partial charge in [0.1, 0.15) is 11.6 Å². The Bertz CT molecular complexity index is 780. The van der Waals surface area contributed by atoms with Crippen LogP contribution in [-0.2, 0) is 11.3 Å². The molecule has 2 aromatic rings. The van der Waals surface area contributed by atoms with Crippen LogP contribution >= 0.6 is 27.3 Å². The van der Waals surface area contributed by atoms with Crippen molar-refractivity contribution in [3.05, 3.63) is 38.1 Å². The molecule has 2 heterocycles. The van der Waals surface area contributed by atoms with Gasteiger partial charge in [-0.3, -0.25) is 0 Å². The molecule has 2 rings (SSSR count). The minimum absolute atomic E-state index is 0.475. The van der Waals surface area contributed by atoms with Crippen LogP contribution in [0.2, 0.25) is 0 Å². The van der Waals surface area contributed by atoms with E-state index in [1.54, 1.807) is 12.1 Å². The summed E-state index contributed by atoms with van der Waals surface area (Å²) in [6.45, 7) is -1.30. The molecule has 118 valence electrons. The Morgan fingerprint density at radius 2 is 2.14 bits per heavy atom. The first-order valence-corrected chi connectivity index (χ1v) is 7.23. The predicted molar refractivity (Wildman–Crippen MR) is 76.0 cm³/mol. The second-order valence-electron chi connectivity index (χ2n) is 3.88. The highest BCUT2D eigenvalue weighted by Crippen LogP contribution is 2.23. The van der Waals surface area contributed by atoms with Gasteiger partial charge in [0, 0.05) is 0 Å². The van der Waals surface area contributed by atoms with Gasteiger partial charge < -0.3 is 10.5 Å². The maximum absolute atomic E-state index is 12.8. The van der Waals surface area contributed by atoms with Gasteiger partial charge in [0.15, 0.2) is 0 Å². The molecule has 0 radical (unpaired) electrons. The summed E-state index contributed by atoms with van der Waals surface area (Å²) in [5.74, 6) is 0. The summed E-state index contributed by atoms with van der Waals surface area (Å²) in [7, 11) is 0. The average Bonchev–Trinajstić information content (AvgIpc) is 3.01. The molecule has 8 nitrogen and oxygen atoms in total. The van der Waals surface area contributed by atoms with Gasteiger partial charge in [0.25, 0.3) is 6.08 Å². The number of hydrogen-bond acceptors (Lipinski definition) is 6. The van der Waals surface area contributed by atoms with E-state index in [-0.39, 0.29) is 0 Å². The summed E-state index contributed by atoms with van der Waals surface area (Å²) in [6, 6.07) is 3.33. The van der Waals surface area contributed by atoms with E-state index in [9.17, 15) is 18.4 Å². The lowest BCUT2D eigenvalue weighted by atomic mass is 10.3. The fourth-order valence-corrected chi connectivity index (χ4v) is 2.73. The number of halogens is 3. The highest BCUT2D eigenvalue weighted by Gasteiger charge is 2.15. The van der Waals surface area contributed by atoms with Gasteiger partial charge in [-0.2, -0.15) is 18.1 Å².